The first kappa shape index (κ1) is 23.2. The number of amides is 1. The molecule has 2 atom stereocenters. The van der Waals surface area contributed by atoms with Crippen LogP contribution in [0.1, 0.15) is 81.1 Å². The minimum atomic E-state index is -1.76. The summed E-state index contributed by atoms with van der Waals surface area (Å²) >= 11 is -1.76. The number of benzene rings is 1. The zero-order chi connectivity index (χ0) is 22.1. The first-order valence-electron chi connectivity index (χ1n) is 10.7. The smallest absolute Gasteiger partial charge is 0.251 e. The van der Waals surface area contributed by atoms with Gasteiger partial charge in [0.2, 0.25) is 0 Å². The number of nitrogens with zero attached hydrogens (tertiary/aromatic N) is 1. The number of ether oxygens (including phenoxy) is 1. The minimum absolute atomic E-state index is 0.0185. The van der Waals surface area contributed by atoms with E-state index in [0.29, 0.717) is 11.7 Å². The Morgan fingerprint density at radius 1 is 1.23 bits per heavy atom. The van der Waals surface area contributed by atoms with Gasteiger partial charge in [-0.1, -0.05) is 11.1 Å². The second-order valence-electron chi connectivity index (χ2n) is 9.47. The Labute approximate surface area is 180 Å². The molecule has 0 bridgehead atoms. The fraction of sp³-hybridized carbons (Fsp3) is 0.682. The van der Waals surface area contributed by atoms with Crippen molar-refractivity contribution < 1.29 is 22.7 Å². The van der Waals surface area contributed by atoms with Gasteiger partial charge < -0.3 is 15.0 Å². The van der Waals surface area contributed by atoms with Gasteiger partial charge in [0.1, 0.15) is 17.7 Å². The third-order valence-corrected chi connectivity index (χ3v) is 6.81. The lowest BCUT2D eigenvalue weighted by Crippen LogP contribution is -2.50. The van der Waals surface area contributed by atoms with Crippen molar-refractivity contribution in [3.05, 3.63) is 29.1 Å². The third kappa shape index (κ3) is 6.25. The van der Waals surface area contributed by atoms with Crippen LogP contribution >= 0.6 is 0 Å². The van der Waals surface area contributed by atoms with Crippen LogP contribution in [0.5, 0.6) is 5.75 Å². The molecule has 1 aliphatic heterocycles. The van der Waals surface area contributed by atoms with E-state index in [4.69, 9.17) is 10.5 Å². The molecule has 30 heavy (non-hydrogen) atoms. The topological polar surface area (TPSA) is 95.7 Å². The summed E-state index contributed by atoms with van der Waals surface area (Å²) in [4.78, 5) is 13.8. The highest BCUT2D eigenvalue weighted by atomic mass is 32.2. The second-order valence-corrected chi connectivity index (χ2v) is 10.7. The van der Waals surface area contributed by atoms with Crippen LogP contribution in [0.2, 0.25) is 0 Å². The predicted octanol–water partition coefficient (Wildman–Crippen LogP) is 3.47. The van der Waals surface area contributed by atoms with E-state index in [1.165, 1.54) is 6.07 Å². The van der Waals surface area contributed by atoms with Crippen molar-refractivity contribution >= 4 is 17.0 Å². The quantitative estimate of drug-likeness (QED) is 0.709. The van der Waals surface area contributed by atoms with E-state index in [-0.39, 0.29) is 22.5 Å². The summed E-state index contributed by atoms with van der Waals surface area (Å²) in [6.07, 6.45) is 5.97. The molecule has 2 saturated carbocycles. The maximum absolute atomic E-state index is 14.2. The number of hydrogen-bond donors (Lipinski definition) is 1. The van der Waals surface area contributed by atoms with Crippen LogP contribution in [0.3, 0.4) is 0 Å². The summed E-state index contributed by atoms with van der Waals surface area (Å²) in [5.41, 5.74) is 6.27. The Hall–Kier alpha value is -1.51. The normalized spacial score (nSPS) is 23.3. The van der Waals surface area contributed by atoms with Crippen LogP contribution in [-0.4, -0.2) is 49.6 Å². The molecule has 168 valence electrons. The molecular weight excluding hydrogens is 407 g/mol. The fourth-order valence-electron chi connectivity index (χ4n) is 3.66. The van der Waals surface area contributed by atoms with E-state index in [9.17, 15) is 17.9 Å². The molecule has 1 saturated heterocycles. The number of hydrogen-bond acceptors (Lipinski definition) is 5. The number of piperidine rings is 1. The van der Waals surface area contributed by atoms with Crippen LogP contribution in [0.4, 0.5) is 4.39 Å². The molecule has 1 unspecified atom stereocenters. The van der Waals surface area contributed by atoms with Gasteiger partial charge in [0, 0.05) is 23.4 Å². The molecule has 1 heterocycles. The van der Waals surface area contributed by atoms with Crippen molar-refractivity contribution in [1.29, 1.82) is 0 Å². The first-order chi connectivity index (χ1) is 14.1. The molecule has 3 fully saturated rings. The minimum Gasteiger partial charge on any atom is -0.772 e. The lowest BCUT2D eigenvalue weighted by atomic mass is 9.99. The number of likely N-dealkylation sites (tertiary alicyclic amines) is 1. The van der Waals surface area contributed by atoms with Gasteiger partial charge in [-0.25, -0.2) is 4.39 Å². The zero-order valence-electron chi connectivity index (χ0n) is 18.0. The zero-order valence-corrected chi connectivity index (χ0v) is 18.8. The summed E-state index contributed by atoms with van der Waals surface area (Å²) in [5, 5.41) is 0.0185. The van der Waals surface area contributed by atoms with Crippen molar-refractivity contribution in [3.8, 4) is 5.75 Å². The molecule has 6 nitrogen and oxygen atoms in total. The van der Waals surface area contributed by atoms with Crippen LogP contribution in [0.25, 0.3) is 0 Å². The fourth-order valence-corrected chi connectivity index (χ4v) is 4.18. The Bertz CT molecular complexity index is 803. The summed E-state index contributed by atoms with van der Waals surface area (Å²) < 4.78 is 39.9. The highest BCUT2D eigenvalue weighted by molar-refractivity contribution is 7.80. The molecule has 0 radical (unpaired) electrons. The molecule has 1 amide bonds. The van der Waals surface area contributed by atoms with Gasteiger partial charge in [0.05, 0.1) is 5.56 Å². The molecule has 1 aromatic carbocycles. The van der Waals surface area contributed by atoms with Crippen molar-refractivity contribution in [3.63, 3.8) is 0 Å². The van der Waals surface area contributed by atoms with Gasteiger partial charge in [-0.15, -0.1) is 0 Å². The van der Waals surface area contributed by atoms with Gasteiger partial charge >= 0.3 is 0 Å². The van der Waals surface area contributed by atoms with E-state index in [1.54, 1.807) is 6.07 Å². The summed E-state index contributed by atoms with van der Waals surface area (Å²) in [6.45, 7) is 8.51. The molecular formula is C22H32FN2O4S-. The van der Waals surface area contributed by atoms with Gasteiger partial charge in [0.25, 0.3) is 5.91 Å². The van der Waals surface area contributed by atoms with Crippen LogP contribution < -0.4 is 10.5 Å². The molecule has 1 aromatic rings. The van der Waals surface area contributed by atoms with Gasteiger partial charge in [-0.3, -0.25) is 13.9 Å². The molecule has 2 aliphatic carbocycles. The first-order valence-corrected chi connectivity index (χ1v) is 11.8. The number of rotatable bonds is 5. The molecule has 2 N–H and O–H groups in total. The Balaban J connectivity index is 0.000000367. The van der Waals surface area contributed by atoms with Crippen molar-refractivity contribution in [2.24, 2.45) is 5.73 Å². The van der Waals surface area contributed by atoms with Crippen molar-refractivity contribution in [2.75, 3.05) is 13.1 Å². The van der Waals surface area contributed by atoms with Crippen LogP contribution in [0.15, 0.2) is 12.1 Å². The predicted molar refractivity (Wildman–Crippen MR) is 114 cm³/mol. The van der Waals surface area contributed by atoms with Crippen LogP contribution in [-0.2, 0) is 11.1 Å². The monoisotopic (exact) mass is 439 g/mol. The van der Waals surface area contributed by atoms with Crippen molar-refractivity contribution in [2.45, 2.75) is 82.1 Å². The average Bonchev–Trinajstić information content (AvgIpc) is 3.54. The SMILES string of the molecule is CC(C)(C)N1CCC[C@@H](Oc2cc(F)c(C(N)=O)cc2C2CC2)C1.O=S([O-])C1CC1. The lowest BCUT2D eigenvalue weighted by Gasteiger charge is -2.41. The summed E-state index contributed by atoms with van der Waals surface area (Å²) in [7, 11) is 0. The largest absolute Gasteiger partial charge is 0.772 e. The molecule has 0 aromatic heterocycles. The molecule has 3 aliphatic rings. The molecule has 8 heteroatoms. The standard InChI is InChI=1S/C19H27FN2O2.C3H6O2S/c1-19(2,3)22-8-4-5-13(11-22)24-17-10-16(20)15(18(21)23)9-14(17)12-6-7-12;4-6(5)3-1-2-3/h9-10,12-13H,4-8,11H2,1-3H3,(H2,21,23);3H,1-2H2,(H,4,5)/p-1/t13-;/m1./s1. The van der Waals surface area contributed by atoms with E-state index in [1.807, 2.05) is 0 Å². The van der Waals surface area contributed by atoms with E-state index in [2.05, 4.69) is 25.7 Å². The van der Waals surface area contributed by atoms with Gasteiger partial charge in [-0.05, 0) is 83.4 Å². The second kappa shape index (κ2) is 9.32. The number of carbonyl (C=O) groups is 1. The van der Waals surface area contributed by atoms with Gasteiger partial charge in [0.15, 0.2) is 0 Å². The lowest BCUT2D eigenvalue weighted by molar-refractivity contribution is 0.0341. The highest BCUT2D eigenvalue weighted by Gasteiger charge is 2.32. The maximum atomic E-state index is 14.2. The summed E-state index contributed by atoms with van der Waals surface area (Å²) in [5.74, 6) is -0.371. The number of carbonyl (C=O) groups excluding carboxylic acids is 1. The number of halogens is 1. The Kier molecular flexibility index (Phi) is 7.20. The molecule has 4 rings (SSSR count). The summed E-state index contributed by atoms with van der Waals surface area (Å²) in [6, 6.07) is 2.94. The number of nitrogens with two attached hydrogens (primary N) is 1. The average molecular weight is 440 g/mol. The Morgan fingerprint density at radius 2 is 1.90 bits per heavy atom. The van der Waals surface area contributed by atoms with Gasteiger partial charge in [-0.2, -0.15) is 0 Å². The van der Waals surface area contributed by atoms with E-state index >= 15 is 0 Å². The third-order valence-electron chi connectivity index (χ3n) is 5.80. The molecule has 0 spiro atoms. The van der Waals surface area contributed by atoms with Crippen molar-refractivity contribution in [1.82, 2.24) is 4.90 Å². The van der Waals surface area contributed by atoms with E-state index < -0.39 is 22.8 Å². The Morgan fingerprint density at radius 3 is 2.37 bits per heavy atom. The highest BCUT2D eigenvalue weighted by Crippen LogP contribution is 2.45. The number of primary amides is 1. The maximum Gasteiger partial charge on any atom is 0.251 e. The van der Waals surface area contributed by atoms with E-state index in [0.717, 1.165) is 57.2 Å². The van der Waals surface area contributed by atoms with Crippen LogP contribution in [0, 0.1) is 5.82 Å².